The second kappa shape index (κ2) is 8.09. The third-order valence-electron chi connectivity index (χ3n) is 6.36. The van der Waals surface area contributed by atoms with Gasteiger partial charge in [-0.25, -0.2) is 9.78 Å². The van der Waals surface area contributed by atoms with Crippen LogP contribution < -0.4 is 15.8 Å². The van der Waals surface area contributed by atoms with Crippen LogP contribution in [0.15, 0.2) is 18.2 Å². The first-order valence-electron chi connectivity index (χ1n) is 10.7. The van der Waals surface area contributed by atoms with Crippen LogP contribution in [0, 0.1) is 0 Å². The van der Waals surface area contributed by atoms with Crippen LogP contribution >= 0.6 is 0 Å². The molecule has 4 rings (SSSR count). The molecule has 1 atom stereocenters. The fourth-order valence-electron chi connectivity index (χ4n) is 5.09. The maximum absolute atomic E-state index is 11.3. The summed E-state index contributed by atoms with van der Waals surface area (Å²) in [5, 5.41) is 3.58. The molecule has 1 aromatic heterocycles. The Labute approximate surface area is 166 Å². The Balaban J connectivity index is 1.70. The minimum absolute atomic E-state index is 0.257. The van der Waals surface area contributed by atoms with E-state index in [1.807, 2.05) is 6.07 Å². The molecule has 0 spiro atoms. The van der Waals surface area contributed by atoms with Gasteiger partial charge in [-0.1, -0.05) is 13.0 Å². The van der Waals surface area contributed by atoms with Gasteiger partial charge in [0.05, 0.1) is 44.3 Å². The van der Waals surface area contributed by atoms with E-state index in [2.05, 4.69) is 22.9 Å². The molecule has 2 aliphatic rings. The zero-order valence-corrected chi connectivity index (χ0v) is 16.8. The van der Waals surface area contributed by atoms with E-state index >= 15 is 0 Å². The molecule has 7 nitrogen and oxygen atoms in total. The highest BCUT2D eigenvalue weighted by Crippen LogP contribution is 2.32. The third-order valence-corrected chi connectivity index (χ3v) is 6.36. The van der Waals surface area contributed by atoms with Crippen LogP contribution in [0.4, 0.5) is 4.79 Å². The number of hydrogen-bond acceptors (Lipinski definition) is 4. The van der Waals surface area contributed by atoms with E-state index in [-0.39, 0.29) is 6.04 Å². The van der Waals surface area contributed by atoms with Crippen molar-refractivity contribution in [2.75, 3.05) is 32.7 Å². The lowest BCUT2D eigenvalue weighted by Crippen LogP contribution is -2.48. The number of carbonyl (C=O) groups is 1. The largest absolute Gasteiger partial charge is 0.410 e. The van der Waals surface area contributed by atoms with Gasteiger partial charge in [0.2, 0.25) is 0 Å². The number of nitrogens with zero attached hydrogens (tertiary/aromatic N) is 3. The van der Waals surface area contributed by atoms with E-state index in [4.69, 9.17) is 15.5 Å². The van der Waals surface area contributed by atoms with E-state index in [0.717, 1.165) is 49.3 Å². The van der Waals surface area contributed by atoms with Crippen molar-refractivity contribution < 1.29 is 14.0 Å². The maximum Gasteiger partial charge on any atom is 0.410 e. The summed E-state index contributed by atoms with van der Waals surface area (Å²) in [7, 11) is 0. The molecule has 3 N–H and O–H groups in total. The summed E-state index contributed by atoms with van der Waals surface area (Å²) >= 11 is 0. The molecule has 1 unspecified atom stereocenters. The van der Waals surface area contributed by atoms with Crippen LogP contribution in [0.5, 0.6) is 5.75 Å². The fraction of sp³-hybridized carbons (Fsp3) is 0.619. The lowest BCUT2D eigenvalue weighted by Gasteiger charge is -2.34. The Morgan fingerprint density at radius 2 is 2.14 bits per heavy atom. The predicted octanol–water partition coefficient (Wildman–Crippen LogP) is 2.94. The van der Waals surface area contributed by atoms with Gasteiger partial charge in [0.15, 0.2) is 5.75 Å². The van der Waals surface area contributed by atoms with Crippen molar-refractivity contribution in [3.63, 3.8) is 0 Å². The zero-order chi connectivity index (χ0) is 19.6. The van der Waals surface area contributed by atoms with Gasteiger partial charge in [-0.3, -0.25) is 0 Å². The Morgan fingerprint density at radius 3 is 2.82 bits per heavy atom. The van der Waals surface area contributed by atoms with Gasteiger partial charge in [0.1, 0.15) is 11.3 Å². The van der Waals surface area contributed by atoms with Crippen LogP contribution in [0.1, 0.15) is 50.9 Å². The van der Waals surface area contributed by atoms with Crippen LogP contribution in [-0.4, -0.2) is 52.9 Å². The van der Waals surface area contributed by atoms with Crippen molar-refractivity contribution in [2.24, 2.45) is 5.73 Å². The summed E-state index contributed by atoms with van der Waals surface area (Å²) in [6, 6.07) is 6.01. The van der Waals surface area contributed by atoms with Crippen molar-refractivity contribution in [2.45, 2.75) is 51.6 Å². The third kappa shape index (κ3) is 3.73. The van der Waals surface area contributed by atoms with E-state index in [9.17, 15) is 4.79 Å². The number of nitrogens with one attached hydrogen (secondary N) is 1. The van der Waals surface area contributed by atoms with Crippen LogP contribution in [0.3, 0.4) is 0 Å². The van der Waals surface area contributed by atoms with Crippen LogP contribution in [0.2, 0.25) is 0 Å². The summed E-state index contributed by atoms with van der Waals surface area (Å²) in [6.45, 7) is 9.19. The van der Waals surface area contributed by atoms with E-state index in [1.54, 1.807) is 6.07 Å². The highest BCUT2D eigenvalue weighted by molar-refractivity contribution is 5.85. The van der Waals surface area contributed by atoms with Gasteiger partial charge in [-0.2, -0.15) is 0 Å². The number of aromatic nitrogens is 2. The number of amides is 1. The first kappa shape index (κ1) is 19.2. The number of benzene rings is 1. The molecule has 152 valence electrons. The Bertz CT molecular complexity index is 835. The fourth-order valence-corrected chi connectivity index (χ4v) is 5.09. The van der Waals surface area contributed by atoms with Crippen LogP contribution in [-0.2, 0) is 6.54 Å². The van der Waals surface area contributed by atoms with Crippen molar-refractivity contribution in [1.82, 2.24) is 14.9 Å². The number of ether oxygens (including phenoxy) is 1. The SMILES string of the molecule is CCC[N+]1(CCn2c(C3CCCN3)nc3c(OC(N)=O)cccc32)CCCC1. The van der Waals surface area contributed by atoms with E-state index in [0.29, 0.717) is 5.75 Å². The first-order chi connectivity index (χ1) is 13.6. The molecule has 0 bridgehead atoms. The molecule has 0 radical (unpaired) electrons. The van der Waals surface area contributed by atoms with Gasteiger partial charge in [-0.05, 0) is 37.9 Å². The quantitative estimate of drug-likeness (QED) is 0.717. The van der Waals surface area contributed by atoms with Crippen LogP contribution in [0.25, 0.3) is 11.0 Å². The molecule has 2 aromatic rings. The number of nitrogens with two attached hydrogens (primary N) is 1. The Morgan fingerprint density at radius 1 is 1.32 bits per heavy atom. The number of carbonyl (C=O) groups excluding carboxylic acids is 1. The molecular formula is C21H32N5O2+. The summed E-state index contributed by atoms with van der Waals surface area (Å²) in [6.07, 6.45) is 5.33. The normalized spacial score (nSPS) is 21.4. The molecule has 2 aliphatic heterocycles. The lowest BCUT2D eigenvalue weighted by molar-refractivity contribution is -0.917. The standard InChI is InChI=1S/C21H31N5O2/c1-2-12-26(13-3-4-14-26)15-11-25-17-8-5-9-18(28-21(22)27)19(17)24-20(25)16-7-6-10-23-16/h5,8-9,16,23H,2-4,6-7,10-15H2,1H3,(H-,22,27)/p+1. The second-order valence-electron chi connectivity index (χ2n) is 8.26. The highest BCUT2D eigenvalue weighted by atomic mass is 16.5. The Kier molecular flexibility index (Phi) is 5.55. The monoisotopic (exact) mass is 386 g/mol. The zero-order valence-electron chi connectivity index (χ0n) is 16.8. The minimum Gasteiger partial charge on any atom is -0.408 e. The Hall–Kier alpha value is -2.12. The highest BCUT2D eigenvalue weighted by Gasteiger charge is 2.32. The maximum atomic E-state index is 11.3. The van der Waals surface area contributed by atoms with Gasteiger partial charge in [-0.15, -0.1) is 0 Å². The van der Waals surface area contributed by atoms with E-state index < -0.39 is 6.09 Å². The molecule has 2 fully saturated rings. The van der Waals surface area contributed by atoms with Crippen molar-refractivity contribution in [1.29, 1.82) is 0 Å². The number of fused-ring (bicyclic) bond motifs is 1. The topological polar surface area (TPSA) is 82.2 Å². The molecule has 0 saturated carbocycles. The molecule has 28 heavy (non-hydrogen) atoms. The summed E-state index contributed by atoms with van der Waals surface area (Å²) in [5.41, 5.74) is 7.02. The molecule has 2 saturated heterocycles. The molecule has 7 heteroatoms. The van der Waals surface area contributed by atoms with E-state index in [1.165, 1.54) is 43.4 Å². The summed E-state index contributed by atoms with van der Waals surface area (Å²) in [5.74, 6) is 1.50. The first-order valence-corrected chi connectivity index (χ1v) is 10.7. The minimum atomic E-state index is -0.799. The molecule has 1 amide bonds. The van der Waals surface area contributed by atoms with Gasteiger partial charge in [0, 0.05) is 12.8 Å². The smallest absolute Gasteiger partial charge is 0.408 e. The number of hydrogen-bond donors (Lipinski definition) is 2. The average molecular weight is 387 g/mol. The number of quaternary nitrogens is 1. The lowest BCUT2D eigenvalue weighted by atomic mass is 10.2. The van der Waals surface area contributed by atoms with Crippen molar-refractivity contribution >= 4 is 17.1 Å². The predicted molar refractivity (Wildman–Crippen MR) is 109 cm³/mol. The van der Waals surface area contributed by atoms with Gasteiger partial charge in [0.25, 0.3) is 0 Å². The number of likely N-dealkylation sites (tertiary alicyclic amines) is 1. The molecule has 0 aliphatic carbocycles. The second-order valence-corrected chi connectivity index (χ2v) is 8.26. The van der Waals surface area contributed by atoms with Crippen molar-refractivity contribution in [3.8, 4) is 5.75 Å². The van der Waals surface area contributed by atoms with Crippen molar-refractivity contribution in [3.05, 3.63) is 24.0 Å². The molecule has 1 aromatic carbocycles. The van der Waals surface area contributed by atoms with Gasteiger partial charge < -0.3 is 24.8 Å². The van der Waals surface area contributed by atoms with Gasteiger partial charge >= 0.3 is 6.09 Å². The summed E-state index contributed by atoms with van der Waals surface area (Å²) in [4.78, 5) is 16.2. The number of para-hydroxylation sites is 1. The number of rotatable bonds is 7. The average Bonchev–Trinajstić information content (AvgIpc) is 3.40. The number of imidazole rings is 1. The number of primary amides is 1. The summed E-state index contributed by atoms with van der Waals surface area (Å²) < 4.78 is 8.79. The molecule has 3 heterocycles. The molecular weight excluding hydrogens is 354 g/mol.